The van der Waals surface area contributed by atoms with Crippen LogP contribution in [-0.2, 0) is 19.7 Å². The fourth-order valence-corrected chi connectivity index (χ4v) is 10.1. The SMILES string of the molecule is CCOC(=O)[C@@H]1C[C@H](n2nnc(C34CC5CC(CC(C5)C3)C4)n2)CN1C[C@H]1CC[C@H]2CN[C@H](C(=O)O)C[C@H]2C1.Cl.Cl. The van der Waals surface area contributed by atoms with Crippen molar-refractivity contribution in [2.75, 3.05) is 26.2 Å². The Hall–Kier alpha value is -1.49. The van der Waals surface area contributed by atoms with Crippen LogP contribution >= 0.6 is 24.8 Å². The summed E-state index contributed by atoms with van der Waals surface area (Å²) in [6, 6.07) is -0.711. The zero-order valence-electron chi connectivity index (χ0n) is 24.0. The van der Waals surface area contributed by atoms with Gasteiger partial charge in [0.25, 0.3) is 0 Å². The van der Waals surface area contributed by atoms with Gasteiger partial charge < -0.3 is 15.2 Å². The second-order valence-corrected chi connectivity index (χ2v) is 14.0. The number of nitrogens with one attached hydrogen (secondary N) is 1. The van der Waals surface area contributed by atoms with Crippen molar-refractivity contribution in [2.24, 2.45) is 35.5 Å². The average molecular weight is 614 g/mol. The number of aliphatic carboxylic acids is 1. The van der Waals surface area contributed by atoms with Crippen LogP contribution in [0.2, 0.25) is 0 Å². The summed E-state index contributed by atoms with van der Waals surface area (Å²) in [6.45, 7) is 4.61. The van der Waals surface area contributed by atoms with Crippen molar-refractivity contribution in [1.82, 2.24) is 30.4 Å². The Balaban J connectivity index is 0.00000169. The number of halogens is 2. The third-order valence-electron chi connectivity index (χ3n) is 11.4. The molecule has 0 amide bonds. The van der Waals surface area contributed by atoms with E-state index in [9.17, 15) is 14.7 Å². The van der Waals surface area contributed by atoms with Crippen molar-refractivity contribution in [3.63, 3.8) is 0 Å². The number of likely N-dealkylation sites (tertiary alicyclic amines) is 1. The molecule has 0 spiro atoms. The number of esters is 1. The van der Waals surface area contributed by atoms with Crippen LogP contribution in [0.3, 0.4) is 0 Å². The summed E-state index contributed by atoms with van der Waals surface area (Å²) < 4.78 is 5.51. The number of nitrogens with zero attached hydrogens (tertiary/aromatic N) is 5. The van der Waals surface area contributed by atoms with Crippen molar-refractivity contribution in [3.05, 3.63) is 5.82 Å². The molecule has 230 valence electrons. The average Bonchev–Trinajstić information content (AvgIpc) is 3.56. The first-order valence-electron chi connectivity index (χ1n) is 15.6. The maximum atomic E-state index is 13.1. The van der Waals surface area contributed by atoms with Crippen LogP contribution in [0.1, 0.15) is 89.4 Å². The minimum Gasteiger partial charge on any atom is -0.480 e. The second kappa shape index (κ2) is 12.2. The number of hydrogen-bond acceptors (Lipinski definition) is 8. The van der Waals surface area contributed by atoms with Crippen molar-refractivity contribution in [3.8, 4) is 0 Å². The van der Waals surface area contributed by atoms with Gasteiger partial charge in [-0.3, -0.25) is 14.5 Å². The molecule has 7 aliphatic rings. The molecule has 5 aliphatic carbocycles. The van der Waals surface area contributed by atoms with E-state index in [2.05, 4.69) is 20.5 Å². The molecule has 2 saturated heterocycles. The second-order valence-electron chi connectivity index (χ2n) is 14.0. The van der Waals surface area contributed by atoms with E-state index in [0.29, 0.717) is 37.2 Å². The van der Waals surface area contributed by atoms with E-state index < -0.39 is 12.0 Å². The zero-order valence-corrected chi connectivity index (χ0v) is 25.7. The molecule has 12 heteroatoms. The number of hydrogen-bond donors (Lipinski definition) is 2. The van der Waals surface area contributed by atoms with E-state index >= 15 is 0 Å². The highest BCUT2D eigenvalue weighted by Crippen LogP contribution is 2.60. The number of carbonyl (C=O) groups is 2. The van der Waals surface area contributed by atoms with Gasteiger partial charge in [-0.2, -0.15) is 4.80 Å². The van der Waals surface area contributed by atoms with E-state index in [-0.39, 0.29) is 48.3 Å². The first-order valence-corrected chi connectivity index (χ1v) is 15.6. The molecule has 0 unspecified atom stereocenters. The summed E-state index contributed by atoms with van der Waals surface area (Å²) in [4.78, 5) is 28.8. The predicted octanol–water partition coefficient (Wildman–Crippen LogP) is 3.64. The molecule has 7 fully saturated rings. The maximum Gasteiger partial charge on any atom is 0.323 e. The molecule has 0 radical (unpaired) electrons. The Bertz CT molecular complexity index is 1070. The lowest BCUT2D eigenvalue weighted by Gasteiger charge is -2.55. The molecule has 2 N–H and O–H groups in total. The van der Waals surface area contributed by atoms with Gasteiger partial charge in [0.05, 0.1) is 12.6 Å². The summed E-state index contributed by atoms with van der Waals surface area (Å²) in [5.74, 6) is 4.01. The Morgan fingerprint density at radius 2 is 1.71 bits per heavy atom. The highest BCUT2D eigenvalue weighted by Gasteiger charge is 2.54. The lowest BCUT2D eigenvalue weighted by molar-refractivity contribution is -0.149. The minimum atomic E-state index is -0.742. The number of carbonyl (C=O) groups excluding carboxylic acids is 1. The van der Waals surface area contributed by atoms with Crippen LogP contribution in [0.15, 0.2) is 0 Å². The van der Waals surface area contributed by atoms with E-state index in [1.54, 1.807) is 0 Å². The fourth-order valence-electron chi connectivity index (χ4n) is 10.1. The Labute approximate surface area is 254 Å². The number of rotatable bonds is 7. The number of aromatic nitrogens is 4. The minimum absolute atomic E-state index is 0. The fraction of sp³-hybridized carbons (Fsp3) is 0.897. The number of piperidine rings is 1. The van der Waals surface area contributed by atoms with Gasteiger partial charge in [0.1, 0.15) is 12.1 Å². The Kier molecular flexibility index (Phi) is 9.25. The van der Waals surface area contributed by atoms with E-state index in [1.807, 2.05) is 11.7 Å². The molecule has 1 aromatic heterocycles. The molecular weight excluding hydrogens is 567 g/mol. The summed E-state index contributed by atoms with van der Waals surface area (Å²) in [6.07, 6.45) is 12.5. The van der Waals surface area contributed by atoms with Crippen LogP contribution in [0.5, 0.6) is 0 Å². The summed E-state index contributed by atoms with van der Waals surface area (Å²) in [5, 5.41) is 27.0. The first kappa shape index (κ1) is 31.0. The molecule has 4 bridgehead atoms. The number of carboxylic acids is 1. The van der Waals surface area contributed by atoms with Gasteiger partial charge in [0.15, 0.2) is 5.82 Å². The third-order valence-corrected chi connectivity index (χ3v) is 11.4. The normalized spacial score (nSPS) is 41.2. The lowest BCUT2D eigenvalue weighted by Crippen LogP contribution is -2.50. The molecule has 2 aliphatic heterocycles. The summed E-state index contributed by atoms with van der Waals surface area (Å²) in [7, 11) is 0. The predicted molar refractivity (Wildman–Crippen MR) is 156 cm³/mol. The molecule has 6 atom stereocenters. The van der Waals surface area contributed by atoms with Crippen molar-refractivity contribution in [2.45, 2.75) is 101 Å². The largest absolute Gasteiger partial charge is 0.480 e. The van der Waals surface area contributed by atoms with Crippen LogP contribution in [-0.4, -0.2) is 80.5 Å². The van der Waals surface area contributed by atoms with Crippen molar-refractivity contribution < 1.29 is 19.4 Å². The molecular formula is C29H46Cl2N6O4. The quantitative estimate of drug-likeness (QED) is 0.444. The topological polar surface area (TPSA) is 122 Å². The highest BCUT2D eigenvalue weighted by atomic mass is 35.5. The van der Waals surface area contributed by atoms with Gasteiger partial charge in [0.2, 0.25) is 0 Å². The first-order chi connectivity index (χ1) is 18.9. The highest BCUT2D eigenvalue weighted by molar-refractivity contribution is 5.85. The van der Waals surface area contributed by atoms with Crippen LogP contribution < -0.4 is 5.32 Å². The van der Waals surface area contributed by atoms with Crippen LogP contribution in [0, 0.1) is 35.5 Å². The van der Waals surface area contributed by atoms with E-state index in [4.69, 9.17) is 9.84 Å². The van der Waals surface area contributed by atoms with Gasteiger partial charge >= 0.3 is 11.9 Å². The molecule has 41 heavy (non-hydrogen) atoms. The van der Waals surface area contributed by atoms with Crippen LogP contribution in [0.25, 0.3) is 0 Å². The van der Waals surface area contributed by atoms with E-state index in [1.165, 1.54) is 38.5 Å². The summed E-state index contributed by atoms with van der Waals surface area (Å²) >= 11 is 0. The monoisotopic (exact) mass is 612 g/mol. The Morgan fingerprint density at radius 1 is 1.00 bits per heavy atom. The maximum absolute atomic E-state index is 13.1. The zero-order chi connectivity index (χ0) is 26.7. The smallest absolute Gasteiger partial charge is 0.323 e. The number of ether oxygens (including phenoxy) is 1. The van der Waals surface area contributed by atoms with Gasteiger partial charge in [-0.25, -0.2) is 0 Å². The molecule has 10 nitrogen and oxygen atoms in total. The number of tetrazole rings is 1. The van der Waals surface area contributed by atoms with Gasteiger partial charge in [-0.05, 0) is 125 Å². The van der Waals surface area contributed by atoms with Crippen LogP contribution in [0.4, 0.5) is 0 Å². The third kappa shape index (κ3) is 5.87. The van der Waals surface area contributed by atoms with Gasteiger partial charge in [0, 0.05) is 18.5 Å². The van der Waals surface area contributed by atoms with E-state index in [0.717, 1.165) is 62.5 Å². The molecule has 5 saturated carbocycles. The molecule has 3 heterocycles. The summed E-state index contributed by atoms with van der Waals surface area (Å²) in [5.41, 5.74) is 0.118. The number of fused-ring (bicyclic) bond motifs is 1. The lowest BCUT2D eigenvalue weighted by atomic mass is 9.49. The van der Waals surface area contributed by atoms with Crippen molar-refractivity contribution in [1.29, 1.82) is 0 Å². The van der Waals surface area contributed by atoms with Crippen molar-refractivity contribution >= 4 is 36.8 Å². The molecule has 1 aromatic rings. The van der Waals surface area contributed by atoms with Gasteiger partial charge in [-0.15, -0.1) is 35.0 Å². The standard InChI is InChI=1S/C29H44N6O4.2ClH/c1-2-39-27(38)25-10-23(16-34(25)15-17-3-4-21-14-30-24(26(36)37)9-22(21)8-17)35-32-28(31-33-35)29-11-18-5-19(12-29)7-20(6-18)13-29;;/h17-25,30H,2-16H2,1H3,(H,36,37);2*1H/t17-,18?,19?,20?,21-,22+,23-,24-,25-,29?;;/m0../s1. The molecule has 0 aromatic carbocycles. The Morgan fingerprint density at radius 3 is 2.37 bits per heavy atom. The molecule has 8 rings (SSSR count). The van der Waals surface area contributed by atoms with Gasteiger partial charge in [-0.1, -0.05) is 0 Å². The number of carboxylic acid groups (broad SMARTS) is 1.